The normalized spacial score (nSPS) is 16.7. The van der Waals surface area contributed by atoms with Gasteiger partial charge in [0, 0.05) is 18.3 Å². The molecular formula is C28H30N2O6. The summed E-state index contributed by atoms with van der Waals surface area (Å²) >= 11 is 0. The third-order valence-electron chi connectivity index (χ3n) is 6.35. The summed E-state index contributed by atoms with van der Waals surface area (Å²) in [5.74, 6) is 1.09. The molecule has 1 aliphatic rings. The van der Waals surface area contributed by atoms with E-state index < -0.39 is 12.0 Å². The van der Waals surface area contributed by atoms with Crippen molar-refractivity contribution < 1.29 is 28.5 Å². The first-order valence-electron chi connectivity index (χ1n) is 11.6. The molecule has 0 radical (unpaired) electrons. The fourth-order valence-corrected chi connectivity index (χ4v) is 4.57. The van der Waals surface area contributed by atoms with Gasteiger partial charge in [-0.3, -0.25) is 9.59 Å². The van der Waals surface area contributed by atoms with E-state index in [0.29, 0.717) is 40.7 Å². The quantitative estimate of drug-likeness (QED) is 0.494. The Morgan fingerprint density at radius 2 is 1.50 bits per heavy atom. The zero-order valence-electron chi connectivity index (χ0n) is 21.0. The Balaban J connectivity index is 1.81. The number of hydrogen-bond donors (Lipinski definition) is 1. The molecule has 0 aliphatic carbocycles. The number of carbonyl (C=O) groups excluding carboxylic acids is 2. The molecule has 8 heteroatoms. The second-order valence-corrected chi connectivity index (χ2v) is 8.35. The first kappa shape index (κ1) is 24.9. The fraction of sp³-hybridized carbons (Fsp3) is 0.286. The molecule has 0 saturated carbocycles. The van der Waals surface area contributed by atoms with Crippen molar-refractivity contribution in [3.8, 4) is 23.0 Å². The van der Waals surface area contributed by atoms with E-state index in [2.05, 4.69) is 5.32 Å². The fourth-order valence-electron chi connectivity index (χ4n) is 4.57. The van der Waals surface area contributed by atoms with E-state index in [1.165, 1.54) is 14.2 Å². The van der Waals surface area contributed by atoms with E-state index in [1.54, 1.807) is 55.5 Å². The predicted octanol–water partition coefficient (Wildman–Crippen LogP) is 4.66. The molecule has 3 aromatic rings. The smallest absolute Gasteiger partial charge is 0.254 e. The molecule has 2 atom stereocenters. The lowest BCUT2D eigenvalue weighted by atomic mass is 9.79. The average Bonchev–Trinajstić information content (AvgIpc) is 2.91. The van der Waals surface area contributed by atoms with Gasteiger partial charge in [-0.25, -0.2) is 0 Å². The minimum atomic E-state index is -0.720. The van der Waals surface area contributed by atoms with Crippen molar-refractivity contribution in [2.75, 3.05) is 40.3 Å². The lowest BCUT2D eigenvalue weighted by molar-refractivity contribution is -0.119. The third kappa shape index (κ3) is 4.66. The lowest BCUT2D eigenvalue weighted by Gasteiger charge is -2.40. The summed E-state index contributed by atoms with van der Waals surface area (Å²) in [7, 11) is 6.33. The second-order valence-electron chi connectivity index (χ2n) is 8.35. The molecule has 0 bridgehead atoms. The SMILES string of the molecule is CCOc1ccc(NC(=O)[C@H]2c3cc(OC)c(OC)cc3C(=O)N(C)[C@@H]2c2ccc(OC)cc2)cc1. The second kappa shape index (κ2) is 10.6. The maximum absolute atomic E-state index is 13.9. The Bertz CT molecular complexity index is 1240. The Morgan fingerprint density at radius 1 is 0.889 bits per heavy atom. The molecule has 4 rings (SSSR count). The van der Waals surface area contributed by atoms with E-state index in [-0.39, 0.29) is 11.8 Å². The highest BCUT2D eigenvalue weighted by atomic mass is 16.5. The van der Waals surface area contributed by atoms with Gasteiger partial charge in [-0.1, -0.05) is 12.1 Å². The highest BCUT2D eigenvalue weighted by Gasteiger charge is 2.43. The number of hydrogen-bond acceptors (Lipinski definition) is 6. The van der Waals surface area contributed by atoms with Gasteiger partial charge in [0.2, 0.25) is 5.91 Å². The van der Waals surface area contributed by atoms with Crippen LogP contribution in [0.25, 0.3) is 0 Å². The highest BCUT2D eigenvalue weighted by molar-refractivity contribution is 6.05. The summed E-state index contributed by atoms with van der Waals surface area (Å²) in [5, 5.41) is 3.02. The number of nitrogens with zero attached hydrogens (tertiary/aromatic N) is 1. The molecule has 1 N–H and O–H groups in total. The van der Waals surface area contributed by atoms with Crippen LogP contribution in [-0.4, -0.2) is 51.7 Å². The van der Waals surface area contributed by atoms with Crippen LogP contribution in [0.2, 0.25) is 0 Å². The summed E-state index contributed by atoms with van der Waals surface area (Å²) in [4.78, 5) is 28.9. The third-order valence-corrected chi connectivity index (χ3v) is 6.35. The lowest BCUT2D eigenvalue weighted by Crippen LogP contribution is -2.44. The van der Waals surface area contributed by atoms with Crippen LogP contribution in [0.1, 0.15) is 40.4 Å². The molecule has 0 unspecified atom stereocenters. The van der Waals surface area contributed by atoms with Gasteiger partial charge in [-0.2, -0.15) is 0 Å². The first-order valence-corrected chi connectivity index (χ1v) is 11.6. The number of fused-ring (bicyclic) bond motifs is 1. The molecule has 8 nitrogen and oxygen atoms in total. The number of benzene rings is 3. The van der Waals surface area contributed by atoms with Crippen molar-refractivity contribution >= 4 is 17.5 Å². The number of methoxy groups -OCH3 is 3. The Kier molecular flexibility index (Phi) is 7.33. The van der Waals surface area contributed by atoms with Crippen molar-refractivity contribution in [1.82, 2.24) is 4.90 Å². The summed E-state index contributed by atoms with van der Waals surface area (Å²) in [6.07, 6.45) is 0. The number of rotatable bonds is 8. The van der Waals surface area contributed by atoms with Crippen molar-refractivity contribution in [3.05, 3.63) is 77.4 Å². The van der Waals surface area contributed by atoms with Crippen LogP contribution in [-0.2, 0) is 4.79 Å². The largest absolute Gasteiger partial charge is 0.497 e. The number of carbonyl (C=O) groups is 2. The minimum Gasteiger partial charge on any atom is -0.497 e. The van der Waals surface area contributed by atoms with Crippen molar-refractivity contribution in [1.29, 1.82) is 0 Å². The number of amides is 2. The van der Waals surface area contributed by atoms with Crippen LogP contribution >= 0.6 is 0 Å². The van der Waals surface area contributed by atoms with Crippen molar-refractivity contribution in [2.45, 2.75) is 18.9 Å². The van der Waals surface area contributed by atoms with Crippen molar-refractivity contribution in [2.24, 2.45) is 0 Å². The van der Waals surface area contributed by atoms with E-state index in [4.69, 9.17) is 18.9 Å². The summed E-state index contributed by atoms with van der Waals surface area (Å²) < 4.78 is 21.7. The molecule has 0 aromatic heterocycles. The maximum Gasteiger partial charge on any atom is 0.254 e. The number of likely N-dealkylation sites (N-methyl/N-ethyl adjacent to an activating group) is 1. The maximum atomic E-state index is 13.9. The van der Waals surface area contributed by atoms with Gasteiger partial charge in [0.15, 0.2) is 11.5 Å². The van der Waals surface area contributed by atoms with Crippen LogP contribution in [0.3, 0.4) is 0 Å². The van der Waals surface area contributed by atoms with Gasteiger partial charge >= 0.3 is 0 Å². The summed E-state index contributed by atoms with van der Waals surface area (Å²) in [6.45, 7) is 2.47. The molecule has 0 fully saturated rings. The Hall–Kier alpha value is -4.20. The number of ether oxygens (including phenoxy) is 4. The Morgan fingerprint density at radius 3 is 2.08 bits per heavy atom. The van der Waals surface area contributed by atoms with Crippen LogP contribution in [0, 0.1) is 0 Å². The number of nitrogens with one attached hydrogen (secondary N) is 1. The topological polar surface area (TPSA) is 86.3 Å². The molecule has 1 heterocycles. The van der Waals surface area contributed by atoms with Crippen molar-refractivity contribution in [3.63, 3.8) is 0 Å². The molecule has 2 amide bonds. The monoisotopic (exact) mass is 490 g/mol. The van der Waals surface area contributed by atoms with E-state index in [0.717, 1.165) is 11.3 Å². The van der Waals surface area contributed by atoms with Crippen LogP contribution in [0.4, 0.5) is 5.69 Å². The van der Waals surface area contributed by atoms with Gasteiger partial charge < -0.3 is 29.2 Å². The van der Waals surface area contributed by atoms with E-state index in [1.807, 2.05) is 31.2 Å². The standard InChI is InChI=1S/C28H30N2O6/c1-6-36-20-13-9-18(10-14-20)29-27(31)25-21-15-23(34-4)24(35-5)16-22(21)28(32)30(2)26(25)17-7-11-19(33-3)12-8-17/h7-16,25-26H,6H2,1-5H3,(H,29,31)/t25-,26+/m0/s1. The average molecular weight is 491 g/mol. The molecular weight excluding hydrogens is 460 g/mol. The van der Waals surface area contributed by atoms with E-state index >= 15 is 0 Å². The highest BCUT2D eigenvalue weighted by Crippen LogP contribution is 2.46. The molecule has 1 aliphatic heterocycles. The van der Waals surface area contributed by atoms with Gasteiger partial charge in [-0.15, -0.1) is 0 Å². The minimum absolute atomic E-state index is 0.211. The number of anilines is 1. The summed E-state index contributed by atoms with van der Waals surface area (Å²) in [5.41, 5.74) is 2.39. The zero-order valence-corrected chi connectivity index (χ0v) is 21.0. The van der Waals surface area contributed by atoms with Crippen LogP contribution in [0.15, 0.2) is 60.7 Å². The molecule has 3 aromatic carbocycles. The molecule has 0 saturated heterocycles. The summed E-state index contributed by atoms with van der Waals surface area (Å²) in [6, 6.07) is 17.4. The Labute approximate surface area is 210 Å². The molecule has 0 spiro atoms. The van der Waals surface area contributed by atoms with Crippen LogP contribution in [0.5, 0.6) is 23.0 Å². The molecule has 188 valence electrons. The van der Waals surface area contributed by atoms with Gasteiger partial charge in [-0.05, 0) is 66.6 Å². The predicted molar refractivity (Wildman–Crippen MR) is 136 cm³/mol. The van der Waals surface area contributed by atoms with Crippen LogP contribution < -0.4 is 24.3 Å². The van der Waals surface area contributed by atoms with Gasteiger partial charge in [0.05, 0.1) is 39.9 Å². The first-order chi connectivity index (χ1) is 17.4. The zero-order chi connectivity index (χ0) is 25.8. The van der Waals surface area contributed by atoms with Gasteiger partial charge in [0.25, 0.3) is 5.91 Å². The molecule has 36 heavy (non-hydrogen) atoms. The van der Waals surface area contributed by atoms with Gasteiger partial charge in [0.1, 0.15) is 11.5 Å². The van der Waals surface area contributed by atoms with E-state index in [9.17, 15) is 9.59 Å².